The summed E-state index contributed by atoms with van der Waals surface area (Å²) in [5.74, 6) is -0.365. The summed E-state index contributed by atoms with van der Waals surface area (Å²) in [6, 6.07) is 10.9. The highest BCUT2D eigenvalue weighted by atomic mass is 35.5. The second-order valence-electron chi connectivity index (χ2n) is 4.88. The third-order valence-corrected chi connectivity index (χ3v) is 3.78. The number of nitrogens with two attached hydrogens (primary N) is 1. The molecule has 1 aliphatic heterocycles. The van der Waals surface area contributed by atoms with Crippen molar-refractivity contribution in [3.63, 3.8) is 0 Å². The topological polar surface area (TPSA) is 29.3 Å². The zero-order chi connectivity index (χ0) is 13.4. The van der Waals surface area contributed by atoms with Crippen molar-refractivity contribution in [3.8, 4) is 0 Å². The van der Waals surface area contributed by atoms with Gasteiger partial charge in [0.05, 0.1) is 5.02 Å². The molecule has 0 saturated heterocycles. The first-order valence-corrected chi connectivity index (χ1v) is 6.54. The number of hydrogen-bond donors (Lipinski definition) is 1. The number of benzene rings is 2. The lowest BCUT2D eigenvalue weighted by Crippen LogP contribution is -2.15. The van der Waals surface area contributed by atoms with Crippen LogP contribution in [0.1, 0.15) is 16.7 Å². The fraction of sp³-hybridized carbons (Fsp3) is 0.200. The molecule has 0 spiro atoms. The molecular formula is C15H14ClFN2. The lowest BCUT2D eigenvalue weighted by atomic mass is 10.1. The van der Waals surface area contributed by atoms with E-state index in [0.29, 0.717) is 6.54 Å². The normalized spacial score (nSPS) is 14.6. The van der Waals surface area contributed by atoms with Crippen LogP contribution in [0.25, 0.3) is 0 Å². The number of halogens is 2. The third-order valence-electron chi connectivity index (χ3n) is 3.48. The minimum Gasteiger partial charge on any atom is -0.398 e. The Kier molecular flexibility index (Phi) is 3.17. The molecular weight excluding hydrogens is 263 g/mol. The van der Waals surface area contributed by atoms with Gasteiger partial charge in [-0.1, -0.05) is 29.8 Å². The smallest absolute Gasteiger partial charge is 0.142 e. The molecule has 98 valence electrons. The van der Waals surface area contributed by atoms with E-state index in [1.807, 2.05) is 18.2 Å². The third kappa shape index (κ3) is 2.44. The van der Waals surface area contributed by atoms with Crippen molar-refractivity contribution in [3.05, 3.63) is 63.9 Å². The van der Waals surface area contributed by atoms with Gasteiger partial charge >= 0.3 is 0 Å². The van der Waals surface area contributed by atoms with Gasteiger partial charge in [-0.05, 0) is 34.9 Å². The highest BCUT2D eigenvalue weighted by molar-refractivity contribution is 6.30. The Morgan fingerprint density at radius 1 is 1.21 bits per heavy atom. The van der Waals surface area contributed by atoms with Crippen LogP contribution in [0.15, 0.2) is 36.4 Å². The van der Waals surface area contributed by atoms with E-state index in [2.05, 4.69) is 11.0 Å². The molecule has 0 amide bonds. The van der Waals surface area contributed by atoms with Crippen molar-refractivity contribution in [1.29, 1.82) is 0 Å². The summed E-state index contributed by atoms with van der Waals surface area (Å²) in [6.07, 6.45) is 0. The number of hydrogen-bond acceptors (Lipinski definition) is 2. The molecule has 0 unspecified atom stereocenters. The standard InChI is InChI=1S/C15H14ClFN2/c16-13-5-4-10(6-14(13)17)7-19-8-11-2-1-3-15(18)12(11)9-19/h1-6H,7-9,18H2. The van der Waals surface area contributed by atoms with Crippen LogP contribution in [-0.4, -0.2) is 4.90 Å². The molecule has 0 saturated carbocycles. The fourth-order valence-corrected chi connectivity index (χ4v) is 2.64. The van der Waals surface area contributed by atoms with Gasteiger partial charge in [0.2, 0.25) is 0 Å². The molecule has 19 heavy (non-hydrogen) atoms. The Labute approximate surface area is 116 Å². The van der Waals surface area contributed by atoms with Crippen LogP contribution < -0.4 is 5.73 Å². The quantitative estimate of drug-likeness (QED) is 0.850. The van der Waals surface area contributed by atoms with Crippen molar-refractivity contribution < 1.29 is 4.39 Å². The second-order valence-corrected chi connectivity index (χ2v) is 5.29. The summed E-state index contributed by atoms with van der Waals surface area (Å²) in [5.41, 5.74) is 10.2. The average molecular weight is 277 g/mol. The monoisotopic (exact) mass is 276 g/mol. The number of rotatable bonds is 2. The van der Waals surface area contributed by atoms with Gasteiger partial charge in [-0.2, -0.15) is 0 Å². The lowest BCUT2D eigenvalue weighted by molar-refractivity contribution is 0.275. The molecule has 0 radical (unpaired) electrons. The Bertz CT molecular complexity index is 628. The Morgan fingerprint density at radius 2 is 2.05 bits per heavy atom. The van der Waals surface area contributed by atoms with Gasteiger partial charge in [-0.3, -0.25) is 4.90 Å². The summed E-state index contributed by atoms with van der Waals surface area (Å²) >= 11 is 5.69. The van der Waals surface area contributed by atoms with Gasteiger partial charge in [-0.25, -0.2) is 4.39 Å². The van der Waals surface area contributed by atoms with E-state index in [0.717, 1.165) is 24.3 Å². The predicted molar refractivity (Wildman–Crippen MR) is 75.2 cm³/mol. The van der Waals surface area contributed by atoms with Crippen LogP contribution in [0.5, 0.6) is 0 Å². The average Bonchev–Trinajstić information content (AvgIpc) is 2.78. The highest BCUT2D eigenvalue weighted by Crippen LogP contribution is 2.28. The summed E-state index contributed by atoms with van der Waals surface area (Å²) in [5, 5.41) is 0.165. The largest absolute Gasteiger partial charge is 0.398 e. The molecule has 0 fully saturated rings. The number of anilines is 1. The second kappa shape index (κ2) is 4.83. The first-order valence-electron chi connectivity index (χ1n) is 6.16. The van der Waals surface area contributed by atoms with Crippen LogP contribution in [0.4, 0.5) is 10.1 Å². The van der Waals surface area contributed by atoms with Crippen molar-refractivity contribution in [2.45, 2.75) is 19.6 Å². The van der Waals surface area contributed by atoms with E-state index in [4.69, 9.17) is 17.3 Å². The predicted octanol–water partition coefficient (Wildman–Crippen LogP) is 3.58. The van der Waals surface area contributed by atoms with E-state index in [-0.39, 0.29) is 10.8 Å². The van der Waals surface area contributed by atoms with Gasteiger partial charge < -0.3 is 5.73 Å². The summed E-state index contributed by atoms with van der Waals surface area (Å²) in [4.78, 5) is 2.24. The summed E-state index contributed by atoms with van der Waals surface area (Å²) in [7, 11) is 0. The zero-order valence-electron chi connectivity index (χ0n) is 10.4. The van der Waals surface area contributed by atoms with Crippen LogP contribution >= 0.6 is 11.6 Å². The maximum absolute atomic E-state index is 13.4. The molecule has 1 heterocycles. The maximum Gasteiger partial charge on any atom is 0.142 e. The van der Waals surface area contributed by atoms with Crippen LogP contribution in [0.3, 0.4) is 0 Å². The highest BCUT2D eigenvalue weighted by Gasteiger charge is 2.20. The van der Waals surface area contributed by atoms with E-state index in [1.165, 1.54) is 17.2 Å². The number of nitrogen functional groups attached to an aromatic ring is 1. The molecule has 0 atom stereocenters. The van der Waals surface area contributed by atoms with E-state index < -0.39 is 0 Å². The van der Waals surface area contributed by atoms with Gasteiger partial charge in [-0.15, -0.1) is 0 Å². The summed E-state index contributed by atoms with van der Waals surface area (Å²) < 4.78 is 13.4. The molecule has 0 aliphatic carbocycles. The molecule has 1 aliphatic rings. The zero-order valence-corrected chi connectivity index (χ0v) is 11.1. The number of fused-ring (bicyclic) bond motifs is 1. The first-order chi connectivity index (χ1) is 9.13. The minimum atomic E-state index is -0.365. The maximum atomic E-state index is 13.4. The van der Waals surface area contributed by atoms with Gasteiger partial charge in [0.25, 0.3) is 0 Å². The molecule has 3 rings (SSSR count). The Hall–Kier alpha value is -1.58. The van der Waals surface area contributed by atoms with E-state index in [9.17, 15) is 4.39 Å². The number of nitrogens with zero attached hydrogens (tertiary/aromatic N) is 1. The van der Waals surface area contributed by atoms with E-state index >= 15 is 0 Å². The van der Waals surface area contributed by atoms with Gasteiger partial charge in [0.15, 0.2) is 0 Å². The Balaban J connectivity index is 1.77. The molecule has 2 aromatic carbocycles. The van der Waals surface area contributed by atoms with Crippen molar-refractivity contribution in [1.82, 2.24) is 4.90 Å². The van der Waals surface area contributed by atoms with Crippen LogP contribution in [0, 0.1) is 5.82 Å². The molecule has 4 heteroatoms. The van der Waals surface area contributed by atoms with Crippen LogP contribution in [-0.2, 0) is 19.6 Å². The molecule has 0 bridgehead atoms. The SMILES string of the molecule is Nc1cccc2c1CN(Cc1ccc(Cl)c(F)c1)C2. The van der Waals surface area contributed by atoms with Crippen molar-refractivity contribution in [2.24, 2.45) is 0 Å². The van der Waals surface area contributed by atoms with Gasteiger partial charge in [0.1, 0.15) is 5.82 Å². The lowest BCUT2D eigenvalue weighted by Gasteiger charge is -2.15. The Morgan fingerprint density at radius 3 is 2.79 bits per heavy atom. The van der Waals surface area contributed by atoms with Crippen molar-refractivity contribution in [2.75, 3.05) is 5.73 Å². The molecule has 0 aromatic heterocycles. The van der Waals surface area contributed by atoms with E-state index in [1.54, 1.807) is 6.07 Å². The van der Waals surface area contributed by atoms with Crippen LogP contribution in [0.2, 0.25) is 5.02 Å². The first kappa shape index (κ1) is 12.5. The van der Waals surface area contributed by atoms with Gasteiger partial charge in [0, 0.05) is 25.3 Å². The van der Waals surface area contributed by atoms with Crippen molar-refractivity contribution >= 4 is 17.3 Å². The fourth-order valence-electron chi connectivity index (χ4n) is 2.52. The molecule has 2 aromatic rings. The molecule has 2 N–H and O–H groups in total. The minimum absolute atomic E-state index is 0.165. The summed E-state index contributed by atoms with van der Waals surface area (Å²) in [6.45, 7) is 2.36. The molecule has 2 nitrogen and oxygen atoms in total.